The minimum Gasteiger partial charge on any atom is -0.392 e. The molecule has 1 aliphatic heterocycles. The van der Waals surface area contributed by atoms with Gasteiger partial charge in [0, 0.05) is 23.6 Å². The molecule has 1 atom stereocenters. The van der Waals surface area contributed by atoms with Crippen LogP contribution >= 0.6 is 11.6 Å². The van der Waals surface area contributed by atoms with E-state index in [4.69, 9.17) is 11.6 Å². The molecule has 1 unspecified atom stereocenters. The van der Waals surface area contributed by atoms with Crippen LogP contribution in [0.25, 0.3) is 0 Å². The Morgan fingerprint density at radius 1 is 1.47 bits per heavy atom. The molecular weight excluding hydrogens is 297 g/mol. The van der Waals surface area contributed by atoms with E-state index < -0.39 is 27.8 Å². The predicted octanol–water partition coefficient (Wildman–Crippen LogP) is 1.24. The average molecular weight is 308 g/mol. The van der Waals surface area contributed by atoms with Crippen molar-refractivity contribution < 1.29 is 22.2 Å². The average Bonchev–Trinajstić information content (AvgIpc) is 2.71. The molecule has 0 aliphatic carbocycles. The number of carbonyl (C=O) groups excluding carboxylic acids is 1. The van der Waals surface area contributed by atoms with E-state index in [1.165, 1.54) is 12.1 Å². The van der Waals surface area contributed by atoms with E-state index >= 15 is 0 Å². The summed E-state index contributed by atoms with van der Waals surface area (Å²) in [6.07, 6.45) is -0.407. The van der Waals surface area contributed by atoms with Crippen LogP contribution in [0.1, 0.15) is 12.0 Å². The van der Waals surface area contributed by atoms with Gasteiger partial charge in [-0.25, -0.2) is 0 Å². The van der Waals surface area contributed by atoms with Gasteiger partial charge in [-0.05, 0) is 12.1 Å². The maximum atomic E-state index is 12.9. The van der Waals surface area contributed by atoms with Crippen LogP contribution in [0.4, 0.5) is 9.57 Å². The molecule has 1 heterocycles. The first kappa shape index (κ1) is 14.2. The lowest BCUT2D eigenvalue weighted by molar-refractivity contribution is -0.117. The van der Waals surface area contributed by atoms with Crippen molar-refractivity contribution in [1.82, 2.24) is 0 Å². The molecule has 104 valence electrons. The first-order chi connectivity index (χ1) is 8.82. The van der Waals surface area contributed by atoms with Gasteiger partial charge in [-0.2, -0.15) is 8.42 Å². The van der Waals surface area contributed by atoms with Crippen molar-refractivity contribution in [2.75, 3.05) is 11.4 Å². The zero-order valence-corrected chi connectivity index (χ0v) is 11.3. The smallest absolute Gasteiger partial charge is 0.307 e. The van der Waals surface area contributed by atoms with Crippen molar-refractivity contribution in [3.63, 3.8) is 0 Å². The molecule has 0 bridgehead atoms. The van der Waals surface area contributed by atoms with Crippen LogP contribution in [0.2, 0.25) is 5.02 Å². The maximum Gasteiger partial charge on any atom is 0.307 e. The van der Waals surface area contributed by atoms with Gasteiger partial charge in [0.05, 0.1) is 12.3 Å². The lowest BCUT2D eigenvalue weighted by atomic mass is 10.1. The van der Waals surface area contributed by atoms with Crippen molar-refractivity contribution in [2.45, 2.75) is 18.3 Å². The Kier molecular flexibility index (Phi) is 3.80. The Hall–Kier alpha value is -1.18. The number of hydrogen-bond donors (Lipinski definition) is 1. The summed E-state index contributed by atoms with van der Waals surface area (Å²) in [5.74, 6) is -0.511. The molecule has 0 radical (unpaired) electrons. The van der Waals surface area contributed by atoms with E-state index in [0.29, 0.717) is 16.3 Å². The summed E-state index contributed by atoms with van der Waals surface area (Å²) in [6.45, 7) is -0.603. The number of aliphatic hydroxyl groups excluding tert-OH is 1. The summed E-state index contributed by atoms with van der Waals surface area (Å²) in [6, 6.07) is 4.51. The standard InChI is InChI=1S/C11H11ClFNO4S/c12-8-2-1-7(6-15)10(3-8)14-5-9(4-11(14)16)19(13,17)18/h1-3,9,15H,4-6H2. The van der Waals surface area contributed by atoms with Gasteiger partial charge in [0.25, 0.3) is 0 Å². The van der Waals surface area contributed by atoms with Gasteiger partial charge in [0.2, 0.25) is 5.91 Å². The predicted molar refractivity (Wildman–Crippen MR) is 68.2 cm³/mol. The van der Waals surface area contributed by atoms with Gasteiger partial charge in [-0.15, -0.1) is 3.89 Å². The summed E-state index contributed by atoms with van der Waals surface area (Å²) in [5, 5.41) is 8.18. The molecule has 0 spiro atoms. The molecule has 19 heavy (non-hydrogen) atoms. The third kappa shape index (κ3) is 2.88. The molecule has 8 heteroatoms. The second-order valence-corrected chi connectivity index (χ2v) is 6.29. The summed E-state index contributed by atoms with van der Waals surface area (Å²) < 4.78 is 34.6. The topological polar surface area (TPSA) is 74.7 Å². The normalized spacial score (nSPS) is 20.1. The largest absolute Gasteiger partial charge is 0.392 e. The number of benzene rings is 1. The van der Waals surface area contributed by atoms with Gasteiger partial charge in [-0.3, -0.25) is 4.79 Å². The molecule has 1 N–H and O–H groups in total. The lowest BCUT2D eigenvalue weighted by Gasteiger charge is -2.19. The maximum absolute atomic E-state index is 12.9. The highest BCUT2D eigenvalue weighted by Crippen LogP contribution is 2.30. The van der Waals surface area contributed by atoms with Crippen LogP contribution in [0.3, 0.4) is 0 Å². The number of nitrogens with zero attached hydrogens (tertiary/aromatic N) is 1. The number of halogens is 2. The van der Waals surface area contributed by atoms with E-state index in [1.54, 1.807) is 6.07 Å². The highest BCUT2D eigenvalue weighted by atomic mass is 35.5. The minimum absolute atomic E-state index is 0.273. The third-order valence-electron chi connectivity index (χ3n) is 3.00. The van der Waals surface area contributed by atoms with Gasteiger partial charge in [0.15, 0.2) is 0 Å². The number of amides is 1. The Balaban J connectivity index is 2.38. The van der Waals surface area contributed by atoms with Crippen LogP contribution < -0.4 is 4.90 Å². The van der Waals surface area contributed by atoms with E-state index in [0.717, 1.165) is 4.90 Å². The van der Waals surface area contributed by atoms with E-state index in [9.17, 15) is 22.2 Å². The second kappa shape index (κ2) is 5.07. The molecule has 1 aromatic rings. The number of rotatable bonds is 3. The number of carbonyl (C=O) groups is 1. The minimum atomic E-state index is -4.76. The van der Waals surface area contributed by atoms with Crippen LogP contribution in [-0.2, 0) is 21.6 Å². The molecule has 0 saturated carbocycles. The summed E-state index contributed by atoms with van der Waals surface area (Å²) >= 11 is 5.81. The molecule has 1 aromatic carbocycles. The van der Waals surface area contributed by atoms with Crippen LogP contribution in [0.15, 0.2) is 18.2 Å². The molecule has 2 rings (SSSR count). The first-order valence-corrected chi connectivity index (χ1v) is 7.28. The summed E-state index contributed by atoms with van der Waals surface area (Å²) in [4.78, 5) is 12.9. The monoisotopic (exact) mass is 307 g/mol. The van der Waals surface area contributed by atoms with Crippen molar-refractivity contribution in [1.29, 1.82) is 0 Å². The van der Waals surface area contributed by atoms with E-state index in [1.807, 2.05) is 0 Å². The van der Waals surface area contributed by atoms with Crippen molar-refractivity contribution in [3.8, 4) is 0 Å². The fourth-order valence-electron chi connectivity index (χ4n) is 2.02. The quantitative estimate of drug-likeness (QED) is 0.853. The third-order valence-corrected chi connectivity index (χ3v) is 4.34. The molecular formula is C11H11ClFNO4S. The Labute approximate surface area is 114 Å². The number of anilines is 1. The van der Waals surface area contributed by atoms with Gasteiger partial charge in [-0.1, -0.05) is 17.7 Å². The fraction of sp³-hybridized carbons (Fsp3) is 0.364. The van der Waals surface area contributed by atoms with Crippen LogP contribution in [0, 0.1) is 0 Å². The van der Waals surface area contributed by atoms with Gasteiger partial charge >= 0.3 is 10.2 Å². The molecule has 1 amide bonds. The molecule has 1 saturated heterocycles. The zero-order valence-electron chi connectivity index (χ0n) is 9.71. The molecule has 5 nitrogen and oxygen atoms in total. The first-order valence-electron chi connectivity index (χ1n) is 5.46. The zero-order chi connectivity index (χ0) is 14.2. The fourth-order valence-corrected chi connectivity index (χ4v) is 2.85. The molecule has 1 fully saturated rings. The van der Waals surface area contributed by atoms with E-state index in [2.05, 4.69) is 0 Å². The van der Waals surface area contributed by atoms with Crippen molar-refractivity contribution in [2.24, 2.45) is 0 Å². The molecule has 0 aromatic heterocycles. The van der Waals surface area contributed by atoms with E-state index in [-0.39, 0.29) is 13.2 Å². The van der Waals surface area contributed by atoms with Crippen molar-refractivity contribution >= 4 is 33.4 Å². The summed E-state index contributed by atoms with van der Waals surface area (Å²) in [5.41, 5.74) is 0.737. The Morgan fingerprint density at radius 3 is 2.68 bits per heavy atom. The highest BCUT2D eigenvalue weighted by molar-refractivity contribution is 7.87. The number of aliphatic hydroxyl groups is 1. The Bertz CT molecular complexity index is 619. The Morgan fingerprint density at radius 2 is 2.16 bits per heavy atom. The second-order valence-electron chi connectivity index (χ2n) is 4.24. The van der Waals surface area contributed by atoms with Crippen molar-refractivity contribution in [3.05, 3.63) is 28.8 Å². The van der Waals surface area contributed by atoms with Crippen LogP contribution in [0.5, 0.6) is 0 Å². The summed E-state index contributed by atoms with van der Waals surface area (Å²) in [7, 11) is -4.76. The van der Waals surface area contributed by atoms with Crippen LogP contribution in [-0.4, -0.2) is 31.2 Å². The molecule has 1 aliphatic rings. The van der Waals surface area contributed by atoms with Gasteiger partial charge < -0.3 is 10.0 Å². The lowest BCUT2D eigenvalue weighted by Crippen LogP contribution is -2.27. The highest BCUT2D eigenvalue weighted by Gasteiger charge is 2.39. The van der Waals surface area contributed by atoms with Gasteiger partial charge in [0.1, 0.15) is 5.25 Å². The SMILES string of the molecule is O=C1CC(S(=O)(=O)F)CN1c1cc(Cl)ccc1CO. The number of hydrogen-bond acceptors (Lipinski definition) is 4.